The molecule has 2 atom stereocenters. The summed E-state index contributed by atoms with van der Waals surface area (Å²) in [4.78, 5) is 14.4. The standard InChI is InChI=1S/C19H26N4O2.2ClH/c1-13-10-14(2)23(21-13)9-8-19(24)22-11-17(18(20)12-22)15-4-6-16(25-3)7-5-15;;/h4-7,10,17-18H,8-9,11-12,20H2,1-3H3;2*1H. The molecule has 0 bridgehead atoms. The third-order valence-electron chi connectivity index (χ3n) is 4.90. The molecule has 27 heavy (non-hydrogen) atoms. The molecule has 1 saturated heterocycles. The van der Waals surface area contributed by atoms with Crippen LogP contribution in [0.4, 0.5) is 0 Å². The lowest BCUT2D eigenvalue weighted by Gasteiger charge is -2.17. The first-order valence-corrected chi connectivity index (χ1v) is 8.66. The Kier molecular flexibility index (Phi) is 8.59. The van der Waals surface area contributed by atoms with Crippen molar-refractivity contribution in [1.82, 2.24) is 14.7 Å². The van der Waals surface area contributed by atoms with Gasteiger partial charge >= 0.3 is 0 Å². The largest absolute Gasteiger partial charge is 0.497 e. The van der Waals surface area contributed by atoms with Crippen molar-refractivity contribution in [2.75, 3.05) is 20.2 Å². The van der Waals surface area contributed by atoms with Crippen LogP contribution in [0.5, 0.6) is 5.75 Å². The molecule has 0 radical (unpaired) electrons. The molecule has 1 aliphatic heterocycles. The van der Waals surface area contributed by atoms with E-state index in [-0.39, 0.29) is 42.7 Å². The number of benzene rings is 1. The van der Waals surface area contributed by atoms with Crippen LogP contribution in [0.25, 0.3) is 0 Å². The number of amides is 1. The number of carbonyl (C=O) groups is 1. The quantitative estimate of drug-likeness (QED) is 0.815. The molecule has 8 heteroatoms. The molecule has 0 saturated carbocycles. The highest BCUT2D eigenvalue weighted by Crippen LogP contribution is 2.28. The molecule has 2 aromatic rings. The van der Waals surface area contributed by atoms with Gasteiger partial charge in [0.1, 0.15) is 5.75 Å². The zero-order chi connectivity index (χ0) is 18.0. The van der Waals surface area contributed by atoms with Gasteiger partial charge in [-0.05, 0) is 37.6 Å². The van der Waals surface area contributed by atoms with Crippen LogP contribution in [-0.2, 0) is 11.3 Å². The topological polar surface area (TPSA) is 73.4 Å². The number of aromatic nitrogens is 2. The average molecular weight is 415 g/mol. The number of aryl methyl sites for hydroxylation is 3. The fraction of sp³-hybridized carbons (Fsp3) is 0.474. The zero-order valence-electron chi connectivity index (χ0n) is 15.9. The first-order valence-electron chi connectivity index (χ1n) is 8.66. The molecule has 150 valence electrons. The second kappa shape index (κ2) is 9.97. The van der Waals surface area contributed by atoms with Crippen LogP contribution < -0.4 is 10.5 Å². The molecule has 2 N–H and O–H groups in total. The molecular weight excluding hydrogens is 387 g/mol. The predicted molar refractivity (Wildman–Crippen MR) is 111 cm³/mol. The Balaban J connectivity index is 0.00000182. The SMILES string of the molecule is COc1ccc(C2CN(C(=O)CCn3nc(C)cc3C)CC2N)cc1.Cl.Cl. The second-order valence-electron chi connectivity index (χ2n) is 6.74. The fourth-order valence-corrected chi connectivity index (χ4v) is 3.50. The Morgan fingerprint density at radius 3 is 2.44 bits per heavy atom. The molecule has 1 fully saturated rings. The maximum absolute atomic E-state index is 12.6. The van der Waals surface area contributed by atoms with E-state index in [0.717, 1.165) is 22.7 Å². The third kappa shape index (κ3) is 5.37. The van der Waals surface area contributed by atoms with E-state index in [4.69, 9.17) is 10.5 Å². The summed E-state index contributed by atoms with van der Waals surface area (Å²) < 4.78 is 7.09. The molecule has 1 aromatic heterocycles. The van der Waals surface area contributed by atoms with Crippen molar-refractivity contribution < 1.29 is 9.53 Å². The highest BCUT2D eigenvalue weighted by atomic mass is 35.5. The van der Waals surface area contributed by atoms with E-state index in [1.54, 1.807) is 7.11 Å². The summed E-state index contributed by atoms with van der Waals surface area (Å²) in [5, 5.41) is 4.41. The van der Waals surface area contributed by atoms with Crippen molar-refractivity contribution in [3.63, 3.8) is 0 Å². The molecule has 2 heterocycles. The van der Waals surface area contributed by atoms with Gasteiger partial charge in [0.25, 0.3) is 0 Å². The second-order valence-corrected chi connectivity index (χ2v) is 6.74. The van der Waals surface area contributed by atoms with Crippen molar-refractivity contribution in [1.29, 1.82) is 0 Å². The fourth-order valence-electron chi connectivity index (χ4n) is 3.50. The van der Waals surface area contributed by atoms with Gasteiger partial charge in [0.15, 0.2) is 0 Å². The van der Waals surface area contributed by atoms with Gasteiger partial charge in [-0.3, -0.25) is 9.48 Å². The smallest absolute Gasteiger partial charge is 0.224 e. The van der Waals surface area contributed by atoms with Crippen molar-refractivity contribution in [2.45, 2.75) is 38.8 Å². The maximum Gasteiger partial charge on any atom is 0.224 e. The number of likely N-dealkylation sites (tertiary alicyclic amines) is 1. The van der Waals surface area contributed by atoms with E-state index in [1.807, 2.05) is 53.8 Å². The number of hydrogen-bond donors (Lipinski definition) is 1. The summed E-state index contributed by atoms with van der Waals surface area (Å²) in [5.74, 6) is 1.13. The minimum Gasteiger partial charge on any atom is -0.497 e. The number of ether oxygens (including phenoxy) is 1. The third-order valence-corrected chi connectivity index (χ3v) is 4.90. The molecule has 6 nitrogen and oxygen atoms in total. The lowest BCUT2D eigenvalue weighted by Crippen LogP contribution is -2.32. The molecule has 3 rings (SSSR count). The van der Waals surface area contributed by atoms with Gasteiger partial charge in [-0.15, -0.1) is 24.8 Å². The molecule has 0 spiro atoms. The van der Waals surface area contributed by atoms with Gasteiger partial charge in [-0.25, -0.2) is 0 Å². The molecule has 2 unspecified atom stereocenters. The van der Waals surface area contributed by atoms with Crippen LogP contribution in [0.15, 0.2) is 30.3 Å². The van der Waals surface area contributed by atoms with E-state index in [0.29, 0.717) is 26.1 Å². The monoisotopic (exact) mass is 414 g/mol. The normalized spacial score (nSPS) is 18.6. The van der Waals surface area contributed by atoms with Crippen molar-refractivity contribution in [3.05, 3.63) is 47.3 Å². The minimum absolute atomic E-state index is 0. The van der Waals surface area contributed by atoms with Crippen LogP contribution >= 0.6 is 24.8 Å². The van der Waals surface area contributed by atoms with Gasteiger partial charge in [0.2, 0.25) is 5.91 Å². The van der Waals surface area contributed by atoms with E-state index in [9.17, 15) is 4.79 Å². The van der Waals surface area contributed by atoms with E-state index in [2.05, 4.69) is 5.10 Å². The predicted octanol–water partition coefficient (Wildman–Crippen LogP) is 2.70. The lowest BCUT2D eigenvalue weighted by molar-refractivity contribution is -0.130. The van der Waals surface area contributed by atoms with Gasteiger partial charge in [-0.1, -0.05) is 12.1 Å². The Labute approximate surface area is 172 Å². The van der Waals surface area contributed by atoms with Gasteiger partial charge < -0.3 is 15.4 Å². The Morgan fingerprint density at radius 1 is 1.22 bits per heavy atom. The lowest BCUT2D eigenvalue weighted by atomic mass is 9.95. The molecular formula is C19H28Cl2N4O2. The van der Waals surface area contributed by atoms with E-state index >= 15 is 0 Å². The van der Waals surface area contributed by atoms with Crippen LogP contribution in [0.2, 0.25) is 0 Å². The van der Waals surface area contributed by atoms with E-state index in [1.165, 1.54) is 0 Å². The first-order chi connectivity index (χ1) is 12.0. The highest BCUT2D eigenvalue weighted by molar-refractivity contribution is 5.85. The highest BCUT2D eigenvalue weighted by Gasteiger charge is 2.33. The number of nitrogens with zero attached hydrogens (tertiary/aromatic N) is 3. The van der Waals surface area contributed by atoms with Crippen LogP contribution in [0.3, 0.4) is 0 Å². The zero-order valence-corrected chi connectivity index (χ0v) is 17.6. The van der Waals surface area contributed by atoms with Crippen LogP contribution in [0.1, 0.15) is 29.3 Å². The Morgan fingerprint density at radius 2 is 1.89 bits per heavy atom. The van der Waals surface area contributed by atoms with Gasteiger partial charge in [0, 0.05) is 43.7 Å². The number of halogens is 2. The first kappa shape index (κ1) is 23.3. The average Bonchev–Trinajstić information content (AvgIpc) is 3.14. The Hall–Kier alpha value is -1.76. The summed E-state index contributed by atoms with van der Waals surface area (Å²) in [5.41, 5.74) is 9.52. The van der Waals surface area contributed by atoms with Gasteiger partial charge in [-0.2, -0.15) is 5.10 Å². The maximum atomic E-state index is 12.6. The summed E-state index contributed by atoms with van der Waals surface area (Å²) in [6.45, 7) is 5.85. The van der Waals surface area contributed by atoms with Crippen LogP contribution in [0, 0.1) is 13.8 Å². The number of hydrogen-bond acceptors (Lipinski definition) is 4. The summed E-state index contributed by atoms with van der Waals surface area (Å²) in [6.07, 6.45) is 0.448. The molecule has 1 aromatic carbocycles. The van der Waals surface area contributed by atoms with Gasteiger partial charge in [0.05, 0.1) is 12.8 Å². The van der Waals surface area contributed by atoms with Crippen molar-refractivity contribution in [2.24, 2.45) is 5.73 Å². The minimum atomic E-state index is -0.0361. The number of methoxy groups -OCH3 is 1. The summed E-state index contributed by atoms with van der Waals surface area (Å²) in [7, 11) is 1.65. The number of rotatable bonds is 5. The summed E-state index contributed by atoms with van der Waals surface area (Å²) >= 11 is 0. The number of nitrogens with two attached hydrogens (primary N) is 1. The van der Waals surface area contributed by atoms with Crippen LogP contribution in [-0.4, -0.2) is 46.8 Å². The van der Waals surface area contributed by atoms with E-state index < -0.39 is 0 Å². The molecule has 1 aliphatic rings. The summed E-state index contributed by atoms with van der Waals surface area (Å²) in [6, 6.07) is 9.94. The van der Waals surface area contributed by atoms with Crippen molar-refractivity contribution >= 4 is 30.7 Å². The number of carbonyl (C=O) groups excluding carboxylic acids is 1. The molecule has 0 aliphatic carbocycles. The molecule has 1 amide bonds. The van der Waals surface area contributed by atoms with Crippen molar-refractivity contribution in [3.8, 4) is 5.75 Å². The Bertz CT molecular complexity index is 749.